The summed E-state index contributed by atoms with van der Waals surface area (Å²) in [6.07, 6.45) is 6.37. The third kappa shape index (κ3) is 4.13. The quantitative estimate of drug-likeness (QED) is 0.698. The molecule has 0 bridgehead atoms. The highest BCUT2D eigenvalue weighted by Gasteiger charge is 2.24. The average molecular weight is 330 g/mol. The van der Waals surface area contributed by atoms with E-state index in [-0.39, 0.29) is 5.91 Å². The zero-order chi connectivity index (χ0) is 17.7. The largest absolute Gasteiger partial charge is 0.343 e. The van der Waals surface area contributed by atoms with Crippen molar-refractivity contribution in [3.8, 4) is 0 Å². The predicted octanol–water partition coefficient (Wildman–Crippen LogP) is 4.54. The van der Waals surface area contributed by atoms with Crippen LogP contribution in [0, 0.1) is 0 Å². The topological polar surface area (TPSA) is 42.0 Å². The molecule has 0 aliphatic carbocycles. The van der Waals surface area contributed by atoms with E-state index >= 15 is 0 Å². The Bertz CT molecular complexity index is 902. The van der Waals surface area contributed by atoms with Gasteiger partial charge in [-0.05, 0) is 38.0 Å². The van der Waals surface area contributed by atoms with Crippen LogP contribution in [0.1, 0.15) is 29.8 Å². The van der Waals surface area contributed by atoms with Crippen molar-refractivity contribution in [3.63, 3.8) is 0 Å². The highest BCUT2D eigenvalue weighted by molar-refractivity contribution is 5.97. The van der Waals surface area contributed by atoms with E-state index in [1.807, 2.05) is 74.5 Å². The van der Waals surface area contributed by atoms with Gasteiger partial charge in [-0.2, -0.15) is 0 Å². The first-order chi connectivity index (χ1) is 12.1. The van der Waals surface area contributed by atoms with Gasteiger partial charge in [0.25, 0.3) is 5.91 Å². The number of para-hydroxylation sites is 1. The number of hydrogen-bond acceptors (Lipinski definition) is 2. The smallest absolute Gasteiger partial charge is 0.253 e. The summed E-state index contributed by atoms with van der Waals surface area (Å²) in [5, 5.41) is 4.12. The average Bonchev–Trinajstić information content (AvgIpc) is 2.62. The number of nitrogens with zero attached hydrogens (tertiary/aromatic N) is 1. The first kappa shape index (κ1) is 16.9. The van der Waals surface area contributed by atoms with E-state index in [1.165, 1.54) is 5.56 Å². The number of amides is 1. The molecule has 1 aromatic heterocycles. The number of fused-ring (bicyclic) bond motifs is 1. The second kappa shape index (κ2) is 7.31. The normalized spacial score (nSPS) is 13.7. The molecule has 0 radical (unpaired) electrons. The van der Waals surface area contributed by atoms with Crippen LogP contribution in [0.4, 0.5) is 0 Å². The number of nitrogens with one attached hydrogen (secondary N) is 1. The number of rotatable bonds is 5. The van der Waals surface area contributed by atoms with Crippen molar-refractivity contribution in [2.75, 3.05) is 0 Å². The zero-order valence-electron chi connectivity index (χ0n) is 14.6. The predicted molar refractivity (Wildman–Crippen MR) is 103 cm³/mol. The molecule has 3 heteroatoms. The Kier molecular flexibility index (Phi) is 4.94. The fraction of sp³-hybridized carbons (Fsp3) is 0.182. The summed E-state index contributed by atoms with van der Waals surface area (Å²) in [6.45, 7) is 4.00. The lowest BCUT2D eigenvalue weighted by atomic mass is 9.91. The molecule has 0 spiro atoms. The lowest BCUT2D eigenvalue weighted by Crippen LogP contribution is -2.46. The van der Waals surface area contributed by atoms with Crippen LogP contribution in [0.3, 0.4) is 0 Å². The molecule has 3 rings (SSSR count). The highest BCUT2D eigenvalue weighted by atomic mass is 16.1. The molecule has 3 aromatic rings. The molecule has 126 valence electrons. The molecule has 3 nitrogen and oxygen atoms in total. The summed E-state index contributed by atoms with van der Waals surface area (Å²) in [4.78, 5) is 17.2. The number of benzene rings is 2. The van der Waals surface area contributed by atoms with Gasteiger partial charge in [-0.3, -0.25) is 9.78 Å². The van der Waals surface area contributed by atoms with Gasteiger partial charge in [-0.25, -0.2) is 0 Å². The molecular formula is C22H22N2O. The molecule has 1 N–H and O–H groups in total. The van der Waals surface area contributed by atoms with Crippen LogP contribution >= 0.6 is 0 Å². The molecule has 0 saturated heterocycles. The molecule has 0 fully saturated rings. The summed E-state index contributed by atoms with van der Waals surface area (Å²) < 4.78 is 0. The van der Waals surface area contributed by atoms with Crippen LogP contribution in [-0.4, -0.2) is 16.4 Å². The van der Waals surface area contributed by atoms with Gasteiger partial charge in [-0.1, -0.05) is 60.7 Å². The van der Waals surface area contributed by atoms with Crippen LogP contribution in [0.2, 0.25) is 0 Å². The second-order valence-electron chi connectivity index (χ2n) is 6.45. The molecule has 0 aliphatic rings. The molecule has 2 aromatic carbocycles. The minimum Gasteiger partial charge on any atom is -0.343 e. The molecule has 1 unspecified atom stereocenters. The van der Waals surface area contributed by atoms with Gasteiger partial charge in [0.2, 0.25) is 0 Å². The number of carbonyl (C=O) groups is 1. The minimum atomic E-state index is -0.459. The highest BCUT2D eigenvalue weighted by Crippen LogP contribution is 2.18. The Labute approximate surface area is 148 Å². The minimum absolute atomic E-state index is 0.116. The van der Waals surface area contributed by atoms with Crippen molar-refractivity contribution in [2.45, 2.75) is 25.8 Å². The second-order valence-corrected chi connectivity index (χ2v) is 6.45. The van der Waals surface area contributed by atoms with Gasteiger partial charge < -0.3 is 5.32 Å². The number of pyridine rings is 1. The van der Waals surface area contributed by atoms with Crippen LogP contribution in [-0.2, 0) is 6.42 Å². The lowest BCUT2D eigenvalue weighted by molar-refractivity contribution is 0.0922. The maximum Gasteiger partial charge on any atom is 0.253 e. The molecule has 25 heavy (non-hydrogen) atoms. The van der Waals surface area contributed by atoms with Gasteiger partial charge in [0.1, 0.15) is 0 Å². The van der Waals surface area contributed by atoms with Gasteiger partial charge in [-0.15, -0.1) is 0 Å². The van der Waals surface area contributed by atoms with Gasteiger partial charge >= 0.3 is 0 Å². The molecule has 1 amide bonds. The van der Waals surface area contributed by atoms with Crippen molar-refractivity contribution in [3.05, 3.63) is 90.1 Å². The van der Waals surface area contributed by atoms with Crippen molar-refractivity contribution in [1.82, 2.24) is 10.3 Å². The molecule has 0 aliphatic heterocycles. The van der Waals surface area contributed by atoms with Gasteiger partial charge in [0, 0.05) is 11.6 Å². The van der Waals surface area contributed by atoms with Crippen molar-refractivity contribution >= 4 is 16.8 Å². The summed E-state index contributed by atoms with van der Waals surface area (Å²) in [5.41, 5.74) is 2.18. The Balaban J connectivity index is 1.84. The monoisotopic (exact) mass is 330 g/mol. The number of hydrogen-bond donors (Lipinski definition) is 1. The Morgan fingerprint density at radius 3 is 2.60 bits per heavy atom. The number of carbonyl (C=O) groups excluding carboxylic acids is 1. The summed E-state index contributed by atoms with van der Waals surface area (Å²) >= 11 is 0. The fourth-order valence-corrected chi connectivity index (χ4v) is 3.06. The molecular weight excluding hydrogens is 308 g/mol. The zero-order valence-corrected chi connectivity index (χ0v) is 14.6. The van der Waals surface area contributed by atoms with E-state index in [4.69, 9.17) is 0 Å². The Hall–Kier alpha value is -2.94. The first-order valence-corrected chi connectivity index (χ1v) is 8.45. The van der Waals surface area contributed by atoms with E-state index in [2.05, 4.69) is 22.4 Å². The number of aromatic nitrogens is 1. The van der Waals surface area contributed by atoms with E-state index in [0.717, 1.165) is 17.3 Å². The SMILES string of the molecule is C/C=C/C(C)(Cc1ccccc1)NC(=O)c1cnc2ccccc2c1. The van der Waals surface area contributed by atoms with Crippen LogP contribution in [0.15, 0.2) is 79.0 Å². The maximum absolute atomic E-state index is 12.8. The Morgan fingerprint density at radius 2 is 1.84 bits per heavy atom. The fourth-order valence-electron chi connectivity index (χ4n) is 3.06. The van der Waals surface area contributed by atoms with E-state index in [0.29, 0.717) is 5.56 Å². The summed E-state index contributed by atoms with van der Waals surface area (Å²) in [7, 11) is 0. The van der Waals surface area contributed by atoms with E-state index in [1.54, 1.807) is 6.20 Å². The van der Waals surface area contributed by atoms with E-state index in [9.17, 15) is 4.79 Å². The van der Waals surface area contributed by atoms with Crippen LogP contribution < -0.4 is 5.32 Å². The Morgan fingerprint density at radius 1 is 1.12 bits per heavy atom. The molecule has 1 atom stereocenters. The lowest BCUT2D eigenvalue weighted by Gasteiger charge is -2.28. The van der Waals surface area contributed by atoms with Crippen molar-refractivity contribution in [1.29, 1.82) is 0 Å². The molecule has 1 heterocycles. The van der Waals surface area contributed by atoms with Crippen molar-refractivity contribution in [2.24, 2.45) is 0 Å². The first-order valence-electron chi connectivity index (χ1n) is 8.45. The maximum atomic E-state index is 12.8. The summed E-state index contributed by atoms with van der Waals surface area (Å²) in [5.74, 6) is -0.116. The number of allylic oxidation sites excluding steroid dienone is 1. The summed E-state index contributed by atoms with van der Waals surface area (Å²) in [6, 6.07) is 19.9. The van der Waals surface area contributed by atoms with Crippen LogP contribution in [0.25, 0.3) is 10.9 Å². The van der Waals surface area contributed by atoms with E-state index < -0.39 is 5.54 Å². The van der Waals surface area contributed by atoms with Crippen molar-refractivity contribution < 1.29 is 4.79 Å². The van der Waals surface area contributed by atoms with Gasteiger partial charge in [0.15, 0.2) is 0 Å². The standard InChI is InChI=1S/C22H22N2O/c1-3-13-22(2,15-17-9-5-4-6-10-17)24-21(25)19-14-18-11-7-8-12-20(18)23-16-19/h3-14,16H,15H2,1-2H3,(H,24,25)/b13-3+. The van der Waals surface area contributed by atoms with Crippen LogP contribution in [0.5, 0.6) is 0 Å². The third-order valence-corrected chi connectivity index (χ3v) is 4.20. The molecule has 0 saturated carbocycles. The third-order valence-electron chi connectivity index (χ3n) is 4.20. The van der Waals surface area contributed by atoms with Gasteiger partial charge in [0.05, 0.1) is 16.6 Å².